The van der Waals surface area contributed by atoms with Crippen LogP contribution in [0.15, 0.2) is 29.3 Å². The quantitative estimate of drug-likeness (QED) is 0.853. The monoisotopic (exact) mass is 363 g/mol. The van der Waals surface area contributed by atoms with Crippen LogP contribution in [0.25, 0.3) is 10.9 Å². The lowest BCUT2D eigenvalue weighted by atomic mass is 10.2. The Morgan fingerprint density at radius 3 is 2.56 bits per heavy atom. The van der Waals surface area contributed by atoms with E-state index < -0.39 is 10.0 Å². The molecule has 7 nitrogen and oxygen atoms in total. The Hall–Kier alpha value is -1.64. The molecule has 2 aromatic rings. The van der Waals surface area contributed by atoms with Gasteiger partial charge in [0.25, 0.3) is 0 Å². The second-order valence-corrected chi connectivity index (χ2v) is 9.44. The predicted octanol–water partition coefficient (Wildman–Crippen LogP) is 1.19. The molecule has 2 heterocycles. The third-order valence-electron chi connectivity index (χ3n) is 5.02. The van der Waals surface area contributed by atoms with Crippen molar-refractivity contribution < 1.29 is 8.42 Å². The van der Waals surface area contributed by atoms with E-state index in [4.69, 9.17) is 0 Å². The molecule has 136 valence electrons. The van der Waals surface area contributed by atoms with Gasteiger partial charge in [-0.3, -0.25) is 5.01 Å². The van der Waals surface area contributed by atoms with E-state index in [1.807, 2.05) is 17.8 Å². The zero-order valence-electron chi connectivity index (χ0n) is 14.9. The van der Waals surface area contributed by atoms with Gasteiger partial charge in [-0.25, -0.2) is 13.1 Å². The van der Waals surface area contributed by atoms with Crippen LogP contribution >= 0.6 is 0 Å². The van der Waals surface area contributed by atoms with Gasteiger partial charge in [-0.1, -0.05) is 0 Å². The van der Waals surface area contributed by atoms with Crippen LogP contribution in [0.5, 0.6) is 0 Å². The number of piperazine rings is 1. The summed E-state index contributed by atoms with van der Waals surface area (Å²) in [5.41, 5.74) is 0.544. The lowest BCUT2D eigenvalue weighted by Gasteiger charge is -2.37. The van der Waals surface area contributed by atoms with Crippen molar-refractivity contribution in [3.05, 3.63) is 24.4 Å². The third kappa shape index (κ3) is 3.26. The van der Waals surface area contributed by atoms with Crippen LogP contribution in [0.1, 0.15) is 33.6 Å². The molecule has 1 aliphatic carbocycles. The summed E-state index contributed by atoms with van der Waals surface area (Å²) >= 11 is 0. The van der Waals surface area contributed by atoms with E-state index in [1.54, 1.807) is 18.3 Å². The van der Waals surface area contributed by atoms with Crippen LogP contribution in [0.2, 0.25) is 0 Å². The zero-order valence-corrected chi connectivity index (χ0v) is 15.7. The largest absolute Gasteiger partial charge is 0.308 e. The maximum atomic E-state index is 12.7. The first kappa shape index (κ1) is 16.8. The first-order valence-corrected chi connectivity index (χ1v) is 10.3. The van der Waals surface area contributed by atoms with Crippen molar-refractivity contribution in [1.82, 2.24) is 19.9 Å². The molecule has 1 saturated carbocycles. The van der Waals surface area contributed by atoms with E-state index in [0.717, 1.165) is 36.8 Å². The maximum absolute atomic E-state index is 12.7. The van der Waals surface area contributed by atoms with E-state index in [2.05, 4.69) is 34.0 Å². The average molecular weight is 363 g/mol. The topological polar surface area (TPSA) is 79.3 Å². The van der Waals surface area contributed by atoms with E-state index in [1.165, 1.54) is 0 Å². The second kappa shape index (κ2) is 5.69. The highest BCUT2D eigenvalue weighted by atomic mass is 32.2. The van der Waals surface area contributed by atoms with Crippen molar-refractivity contribution in [2.24, 2.45) is 0 Å². The second-order valence-electron chi connectivity index (χ2n) is 7.76. The number of aromatic nitrogens is 2. The molecule has 1 aromatic heterocycles. The molecule has 8 heteroatoms. The first-order valence-electron chi connectivity index (χ1n) is 8.79. The molecular weight excluding hydrogens is 338 g/mol. The normalized spacial score (nSPS) is 26.1. The van der Waals surface area contributed by atoms with Crippen molar-refractivity contribution in [2.75, 3.05) is 18.1 Å². The number of sulfonamides is 1. The van der Waals surface area contributed by atoms with Gasteiger partial charge in [0, 0.05) is 23.0 Å². The minimum absolute atomic E-state index is 0.280. The van der Waals surface area contributed by atoms with Crippen LogP contribution < -0.4 is 15.0 Å². The highest BCUT2D eigenvalue weighted by Gasteiger charge is 2.41. The van der Waals surface area contributed by atoms with E-state index in [9.17, 15) is 8.42 Å². The summed E-state index contributed by atoms with van der Waals surface area (Å²) in [7, 11) is -3.52. The van der Waals surface area contributed by atoms with Crippen molar-refractivity contribution >= 4 is 20.9 Å². The van der Waals surface area contributed by atoms with Crippen LogP contribution in [-0.2, 0) is 10.0 Å². The van der Waals surface area contributed by atoms with Crippen molar-refractivity contribution in [3.8, 4) is 0 Å². The highest BCUT2D eigenvalue weighted by Crippen LogP contribution is 2.36. The van der Waals surface area contributed by atoms with Crippen molar-refractivity contribution in [3.63, 3.8) is 0 Å². The van der Waals surface area contributed by atoms with Gasteiger partial charge in [-0.05, 0) is 51.8 Å². The standard InChI is InChI=1S/C17H25N5O2S/c1-12-10-21(11-13(2)19-12)22-16-8-15(5-4-14(16)9-18-22)25(23,24)20-17(3)6-7-17/h4-5,8-9,12-13,19-20H,6-7,10-11H2,1-3H3/t12-,13-/m0/s1. The number of nitrogens with one attached hydrogen (secondary N) is 2. The third-order valence-corrected chi connectivity index (χ3v) is 6.66. The molecule has 2 aliphatic rings. The Kier molecular flexibility index (Phi) is 3.82. The minimum atomic E-state index is -3.52. The van der Waals surface area contributed by atoms with Crippen molar-refractivity contribution in [1.29, 1.82) is 0 Å². The molecule has 4 rings (SSSR count). The maximum Gasteiger partial charge on any atom is 0.241 e. The number of hydrogen-bond donors (Lipinski definition) is 2. The SMILES string of the molecule is C[C@H]1CN(n2ncc3ccc(S(=O)(=O)NC4(C)CC4)cc32)C[C@H](C)N1. The van der Waals surface area contributed by atoms with Crippen LogP contribution in [0.3, 0.4) is 0 Å². The summed E-state index contributed by atoms with van der Waals surface area (Å²) in [5, 5.41) is 11.1. The zero-order chi connectivity index (χ0) is 17.8. The van der Waals surface area contributed by atoms with Gasteiger partial charge in [0.2, 0.25) is 10.0 Å². The molecule has 0 unspecified atom stereocenters. The molecule has 0 spiro atoms. The number of hydrogen-bond acceptors (Lipinski definition) is 5. The first-order chi connectivity index (χ1) is 11.8. The van der Waals surface area contributed by atoms with Gasteiger partial charge in [0.05, 0.1) is 29.7 Å². The lowest BCUT2D eigenvalue weighted by molar-refractivity contribution is 0.349. The summed E-state index contributed by atoms with van der Waals surface area (Å²) in [6, 6.07) is 5.93. The molecule has 2 fully saturated rings. The van der Waals surface area contributed by atoms with Gasteiger partial charge in [-0.2, -0.15) is 9.89 Å². The smallest absolute Gasteiger partial charge is 0.241 e. The minimum Gasteiger partial charge on any atom is -0.308 e. The highest BCUT2D eigenvalue weighted by molar-refractivity contribution is 7.89. The van der Waals surface area contributed by atoms with Gasteiger partial charge in [0.15, 0.2) is 0 Å². The van der Waals surface area contributed by atoms with Crippen molar-refractivity contribution in [2.45, 2.75) is 56.1 Å². The Labute approximate surface area is 148 Å². The molecule has 0 radical (unpaired) electrons. The molecule has 1 saturated heterocycles. The fourth-order valence-corrected chi connectivity index (χ4v) is 4.99. The predicted molar refractivity (Wildman–Crippen MR) is 97.7 cm³/mol. The summed E-state index contributed by atoms with van der Waals surface area (Å²) in [6.45, 7) is 7.88. The molecule has 1 aromatic carbocycles. The van der Waals surface area contributed by atoms with Crippen LogP contribution in [0, 0.1) is 0 Å². The summed E-state index contributed by atoms with van der Waals surface area (Å²) in [4.78, 5) is 2.15. The fraction of sp³-hybridized carbons (Fsp3) is 0.588. The molecular formula is C17H25N5O2S. The molecule has 0 bridgehead atoms. The number of benzene rings is 1. The molecule has 2 atom stereocenters. The van der Waals surface area contributed by atoms with Crippen LogP contribution in [0.4, 0.5) is 0 Å². The summed E-state index contributed by atoms with van der Waals surface area (Å²) in [5.74, 6) is 0. The molecule has 25 heavy (non-hydrogen) atoms. The van der Waals surface area contributed by atoms with Gasteiger partial charge in [0.1, 0.15) is 0 Å². The number of fused-ring (bicyclic) bond motifs is 1. The van der Waals surface area contributed by atoms with Gasteiger partial charge >= 0.3 is 0 Å². The Morgan fingerprint density at radius 2 is 1.92 bits per heavy atom. The van der Waals surface area contributed by atoms with Gasteiger partial charge < -0.3 is 5.32 Å². The molecule has 2 N–H and O–H groups in total. The lowest BCUT2D eigenvalue weighted by Crippen LogP contribution is -2.58. The number of rotatable bonds is 4. The fourth-order valence-electron chi connectivity index (χ4n) is 3.50. The average Bonchev–Trinajstić information content (AvgIpc) is 3.09. The Balaban J connectivity index is 1.70. The molecule has 0 amide bonds. The van der Waals surface area contributed by atoms with E-state index in [0.29, 0.717) is 17.0 Å². The van der Waals surface area contributed by atoms with E-state index in [-0.39, 0.29) is 5.54 Å². The Bertz CT molecular complexity index is 893. The molecule has 1 aliphatic heterocycles. The van der Waals surface area contributed by atoms with Gasteiger partial charge in [-0.15, -0.1) is 0 Å². The Morgan fingerprint density at radius 1 is 1.24 bits per heavy atom. The summed E-state index contributed by atoms with van der Waals surface area (Å²) < 4.78 is 28.2. The van der Waals surface area contributed by atoms with E-state index >= 15 is 0 Å². The summed E-state index contributed by atoms with van der Waals surface area (Å²) in [6.07, 6.45) is 3.57. The number of nitrogens with zero attached hydrogens (tertiary/aromatic N) is 3. The van der Waals surface area contributed by atoms with Crippen LogP contribution in [-0.4, -0.2) is 49.0 Å².